The van der Waals surface area contributed by atoms with Gasteiger partial charge in [-0.2, -0.15) is 0 Å². The maximum Gasteiger partial charge on any atom is 0.123 e. The van der Waals surface area contributed by atoms with Gasteiger partial charge in [0.15, 0.2) is 0 Å². The van der Waals surface area contributed by atoms with Gasteiger partial charge in [0, 0.05) is 5.92 Å². The van der Waals surface area contributed by atoms with Crippen LogP contribution in [-0.2, 0) is 6.42 Å². The van der Waals surface area contributed by atoms with Crippen molar-refractivity contribution >= 4 is 0 Å². The molecule has 1 atom stereocenters. The molecule has 3 heteroatoms. The Labute approximate surface area is 113 Å². The van der Waals surface area contributed by atoms with E-state index in [1.54, 1.807) is 19.2 Å². The third-order valence-corrected chi connectivity index (χ3v) is 3.25. The Bertz CT molecular complexity index is 525. The first-order valence-corrected chi connectivity index (χ1v) is 6.31. The lowest BCUT2D eigenvalue weighted by Crippen LogP contribution is -2.15. The molecule has 1 unspecified atom stereocenters. The van der Waals surface area contributed by atoms with E-state index < -0.39 is 0 Å². The molecule has 2 aromatic carbocycles. The van der Waals surface area contributed by atoms with E-state index in [1.807, 2.05) is 24.3 Å². The number of halogens is 1. The minimum absolute atomic E-state index is 0.209. The summed E-state index contributed by atoms with van der Waals surface area (Å²) in [5.41, 5.74) is 8.09. The van der Waals surface area contributed by atoms with Crippen molar-refractivity contribution in [2.75, 3.05) is 13.7 Å². The Balaban J connectivity index is 2.17. The Hall–Kier alpha value is -1.87. The molecule has 0 saturated carbocycles. The summed E-state index contributed by atoms with van der Waals surface area (Å²) in [6.45, 7) is 0.546. The summed E-state index contributed by atoms with van der Waals surface area (Å²) >= 11 is 0. The average molecular weight is 259 g/mol. The molecule has 0 radical (unpaired) electrons. The number of hydrogen-bond acceptors (Lipinski definition) is 2. The first-order chi connectivity index (χ1) is 9.22. The van der Waals surface area contributed by atoms with Gasteiger partial charge in [0.2, 0.25) is 0 Å². The molecule has 0 aliphatic carbocycles. The molecule has 0 heterocycles. The van der Waals surface area contributed by atoms with E-state index in [4.69, 9.17) is 10.5 Å². The minimum atomic E-state index is -0.213. The lowest BCUT2D eigenvalue weighted by Gasteiger charge is -2.16. The van der Waals surface area contributed by atoms with Gasteiger partial charge in [-0.15, -0.1) is 0 Å². The second-order valence-corrected chi connectivity index (χ2v) is 4.54. The normalized spacial score (nSPS) is 12.2. The van der Waals surface area contributed by atoms with Gasteiger partial charge in [-0.3, -0.25) is 0 Å². The summed E-state index contributed by atoms with van der Waals surface area (Å²) in [4.78, 5) is 0. The maximum atomic E-state index is 12.9. The summed E-state index contributed by atoms with van der Waals surface area (Å²) < 4.78 is 18.1. The van der Waals surface area contributed by atoms with Crippen LogP contribution < -0.4 is 10.5 Å². The van der Waals surface area contributed by atoms with Crippen LogP contribution in [0, 0.1) is 5.82 Å². The van der Waals surface area contributed by atoms with Crippen molar-refractivity contribution in [3.63, 3.8) is 0 Å². The highest BCUT2D eigenvalue weighted by Crippen LogP contribution is 2.23. The predicted molar refractivity (Wildman–Crippen MR) is 74.9 cm³/mol. The van der Waals surface area contributed by atoms with Crippen LogP contribution in [0.3, 0.4) is 0 Å². The van der Waals surface area contributed by atoms with Crippen LogP contribution in [0.15, 0.2) is 48.5 Å². The standard InChI is InChI=1S/C16H18FNO/c1-19-16-4-2-3-13(10-16)14(11-18)9-12-5-7-15(17)8-6-12/h2-8,10,14H,9,11,18H2,1H3. The van der Waals surface area contributed by atoms with E-state index in [0.717, 1.165) is 23.3 Å². The highest BCUT2D eigenvalue weighted by atomic mass is 19.1. The number of ether oxygens (including phenoxy) is 1. The summed E-state index contributed by atoms with van der Waals surface area (Å²) in [5, 5.41) is 0. The zero-order valence-corrected chi connectivity index (χ0v) is 11.0. The molecule has 0 aromatic heterocycles. The van der Waals surface area contributed by atoms with E-state index in [2.05, 4.69) is 0 Å². The quantitative estimate of drug-likeness (QED) is 0.895. The Morgan fingerprint density at radius 3 is 2.53 bits per heavy atom. The van der Waals surface area contributed by atoms with Gasteiger partial charge >= 0.3 is 0 Å². The third-order valence-electron chi connectivity index (χ3n) is 3.25. The average Bonchev–Trinajstić information content (AvgIpc) is 2.46. The van der Waals surface area contributed by atoms with Gasteiger partial charge < -0.3 is 10.5 Å². The van der Waals surface area contributed by atoms with Crippen molar-refractivity contribution in [1.82, 2.24) is 0 Å². The van der Waals surface area contributed by atoms with Crippen molar-refractivity contribution in [2.45, 2.75) is 12.3 Å². The van der Waals surface area contributed by atoms with Crippen LogP contribution in [0.5, 0.6) is 5.75 Å². The zero-order valence-electron chi connectivity index (χ0n) is 11.0. The predicted octanol–water partition coefficient (Wildman–Crippen LogP) is 3.12. The molecule has 2 aromatic rings. The molecule has 2 N–H and O–H groups in total. The lowest BCUT2D eigenvalue weighted by atomic mass is 9.92. The van der Waals surface area contributed by atoms with Gasteiger partial charge in [-0.1, -0.05) is 24.3 Å². The van der Waals surface area contributed by atoms with Crippen LogP contribution in [0.25, 0.3) is 0 Å². The third kappa shape index (κ3) is 3.55. The Kier molecular flexibility index (Phi) is 4.53. The van der Waals surface area contributed by atoms with E-state index >= 15 is 0 Å². The molecule has 0 aliphatic rings. The molecule has 2 rings (SSSR count). The summed E-state index contributed by atoms with van der Waals surface area (Å²) in [6, 6.07) is 14.5. The van der Waals surface area contributed by atoms with Crippen LogP contribution in [0.1, 0.15) is 17.0 Å². The molecule has 19 heavy (non-hydrogen) atoms. The molecule has 0 amide bonds. The maximum absolute atomic E-state index is 12.9. The monoisotopic (exact) mass is 259 g/mol. The first-order valence-electron chi connectivity index (χ1n) is 6.31. The highest BCUT2D eigenvalue weighted by Gasteiger charge is 2.11. The lowest BCUT2D eigenvalue weighted by molar-refractivity contribution is 0.413. The van der Waals surface area contributed by atoms with E-state index in [-0.39, 0.29) is 11.7 Å². The van der Waals surface area contributed by atoms with Gasteiger partial charge in [-0.25, -0.2) is 4.39 Å². The molecule has 100 valence electrons. The smallest absolute Gasteiger partial charge is 0.123 e. The summed E-state index contributed by atoms with van der Waals surface area (Å²) in [6.07, 6.45) is 0.796. The van der Waals surface area contributed by atoms with Gasteiger partial charge in [0.1, 0.15) is 11.6 Å². The molecule has 0 spiro atoms. The molecular formula is C16H18FNO. The van der Waals surface area contributed by atoms with Crippen LogP contribution in [0.2, 0.25) is 0 Å². The molecule has 0 saturated heterocycles. The fourth-order valence-electron chi connectivity index (χ4n) is 2.14. The Morgan fingerprint density at radius 1 is 1.16 bits per heavy atom. The first kappa shape index (κ1) is 13.6. The molecular weight excluding hydrogens is 241 g/mol. The van der Waals surface area contributed by atoms with Crippen molar-refractivity contribution < 1.29 is 9.13 Å². The largest absolute Gasteiger partial charge is 0.497 e. The van der Waals surface area contributed by atoms with Crippen LogP contribution in [-0.4, -0.2) is 13.7 Å². The molecule has 0 bridgehead atoms. The molecule has 2 nitrogen and oxygen atoms in total. The van der Waals surface area contributed by atoms with Crippen molar-refractivity contribution in [1.29, 1.82) is 0 Å². The van der Waals surface area contributed by atoms with E-state index in [9.17, 15) is 4.39 Å². The van der Waals surface area contributed by atoms with Crippen LogP contribution in [0.4, 0.5) is 4.39 Å². The van der Waals surface area contributed by atoms with Crippen molar-refractivity contribution in [3.8, 4) is 5.75 Å². The minimum Gasteiger partial charge on any atom is -0.497 e. The van der Waals surface area contributed by atoms with Gasteiger partial charge in [-0.05, 0) is 48.4 Å². The Morgan fingerprint density at radius 2 is 1.89 bits per heavy atom. The second-order valence-electron chi connectivity index (χ2n) is 4.54. The topological polar surface area (TPSA) is 35.2 Å². The molecule has 0 aliphatic heterocycles. The zero-order chi connectivity index (χ0) is 13.7. The van der Waals surface area contributed by atoms with E-state index in [1.165, 1.54) is 12.1 Å². The van der Waals surface area contributed by atoms with E-state index in [0.29, 0.717) is 6.54 Å². The number of nitrogens with two attached hydrogens (primary N) is 1. The SMILES string of the molecule is COc1cccc(C(CN)Cc2ccc(F)cc2)c1. The fraction of sp³-hybridized carbons (Fsp3) is 0.250. The van der Waals surface area contributed by atoms with Crippen molar-refractivity contribution in [3.05, 3.63) is 65.5 Å². The second kappa shape index (κ2) is 6.34. The van der Waals surface area contributed by atoms with Gasteiger partial charge in [0.05, 0.1) is 7.11 Å². The summed E-state index contributed by atoms with van der Waals surface area (Å²) in [5.74, 6) is 0.824. The summed E-state index contributed by atoms with van der Waals surface area (Å²) in [7, 11) is 1.65. The highest BCUT2D eigenvalue weighted by molar-refractivity contribution is 5.32. The fourth-order valence-corrected chi connectivity index (χ4v) is 2.14. The van der Waals surface area contributed by atoms with Crippen LogP contribution >= 0.6 is 0 Å². The molecule has 0 fully saturated rings. The number of hydrogen-bond donors (Lipinski definition) is 1. The number of methoxy groups -OCH3 is 1. The van der Waals surface area contributed by atoms with Gasteiger partial charge in [0.25, 0.3) is 0 Å². The van der Waals surface area contributed by atoms with Crippen molar-refractivity contribution in [2.24, 2.45) is 5.73 Å². The number of rotatable bonds is 5. The number of benzene rings is 2.